The standard InChI is InChI=1S/C19H21N7O2/c1-26-11-13(9-22-26)23-18-20-7-6-16(24-18)17-8-12-4-2-3-5-15(25-19(27)28)14(12)10-21-17/h6-11,15,25H,2-5H2,1H3,(H,27,28)(H,20,23,24). The normalized spacial score (nSPS) is 16.1. The predicted octanol–water partition coefficient (Wildman–Crippen LogP) is 3.05. The second-order valence-corrected chi connectivity index (χ2v) is 6.81. The third kappa shape index (κ3) is 3.93. The molecule has 9 heteroatoms. The Hall–Kier alpha value is -3.49. The van der Waals surface area contributed by atoms with Crippen molar-refractivity contribution < 1.29 is 9.90 Å². The van der Waals surface area contributed by atoms with Crippen molar-refractivity contribution in [2.24, 2.45) is 7.05 Å². The van der Waals surface area contributed by atoms with Crippen LogP contribution in [0.15, 0.2) is 36.9 Å². The van der Waals surface area contributed by atoms with Gasteiger partial charge in [0.1, 0.15) is 0 Å². The molecule has 1 atom stereocenters. The second kappa shape index (κ2) is 7.63. The van der Waals surface area contributed by atoms with Crippen LogP contribution in [0.25, 0.3) is 11.4 Å². The van der Waals surface area contributed by atoms with E-state index in [1.54, 1.807) is 23.3 Å². The Balaban J connectivity index is 1.62. The minimum atomic E-state index is -1.01. The molecule has 0 saturated carbocycles. The lowest BCUT2D eigenvalue weighted by molar-refractivity contribution is 0.189. The summed E-state index contributed by atoms with van der Waals surface area (Å²) in [7, 11) is 1.84. The second-order valence-electron chi connectivity index (χ2n) is 6.81. The Morgan fingerprint density at radius 3 is 2.93 bits per heavy atom. The number of aromatic nitrogens is 5. The van der Waals surface area contributed by atoms with Crippen molar-refractivity contribution in [1.82, 2.24) is 30.0 Å². The summed E-state index contributed by atoms with van der Waals surface area (Å²) in [5, 5.41) is 19.0. The fraction of sp³-hybridized carbons (Fsp3) is 0.316. The molecule has 28 heavy (non-hydrogen) atoms. The topological polar surface area (TPSA) is 118 Å². The average Bonchev–Trinajstić information content (AvgIpc) is 2.98. The van der Waals surface area contributed by atoms with Crippen LogP contribution in [0.2, 0.25) is 0 Å². The van der Waals surface area contributed by atoms with Crippen molar-refractivity contribution in [1.29, 1.82) is 0 Å². The van der Waals surface area contributed by atoms with Crippen LogP contribution in [-0.4, -0.2) is 35.9 Å². The summed E-state index contributed by atoms with van der Waals surface area (Å²) in [5.41, 5.74) is 4.31. The Labute approximate surface area is 161 Å². The van der Waals surface area contributed by atoms with E-state index in [9.17, 15) is 4.79 Å². The maximum Gasteiger partial charge on any atom is 0.405 e. The molecule has 1 unspecified atom stereocenters. The van der Waals surface area contributed by atoms with Gasteiger partial charge in [-0.3, -0.25) is 9.67 Å². The van der Waals surface area contributed by atoms with Gasteiger partial charge in [-0.05, 0) is 42.5 Å². The summed E-state index contributed by atoms with van der Waals surface area (Å²) in [6.45, 7) is 0. The van der Waals surface area contributed by atoms with Crippen LogP contribution in [0, 0.1) is 0 Å². The van der Waals surface area contributed by atoms with Gasteiger partial charge in [0.05, 0.1) is 29.3 Å². The van der Waals surface area contributed by atoms with Gasteiger partial charge in [0.25, 0.3) is 0 Å². The van der Waals surface area contributed by atoms with Gasteiger partial charge >= 0.3 is 6.09 Å². The molecule has 0 radical (unpaired) electrons. The molecule has 4 rings (SSSR count). The lowest BCUT2D eigenvalue weighted by atomic mass is 10.00. The van der Waals surface area contributed by atoms with Crippen LogP contribution in [0.5, 0.6) is 0 Å². The van der Waals surface area contributed by atoms with E-state index in [1.165, 1.54) is 0 Å². The molecule has 0 bridgehead atoms. The Bertz CT molecular complexity index is 1000. The number of pyridine rings is 1. The third-order valence-electron chi connectivity index (χ3n) is 4.77. The molecule has 0 saturated heterocycles. The van der Waals surface area contributed by atoms with Crippen LogP contribution < -0.4 is 10.6 Å². The van der Waals surface area contributed by atoms with Crippen molar-refractivity contribution in [3.05, 3.63) is 48.0 Å². The highest BCUT2D eigenvalue weighted by molar-refractivity contribution is 5.66. The molecule has 0 spiro atoms. The number of hydrogen-bond donors (Lipinski definition) is 3. The van der Waals surface area contributed by atoms with Gasteiger partial charge < -0.3 is 15.7 Å². The van der Waals surface area contributed by atoms with Crippen molar-refractivity contribution >= 4 is 17.7 Å². The monoisotopic (exact) mass is 379 g/mol. The average molecular weight is 379 g/mol. The summed E-state index contributed by atoms with van der Waals surface area (Å²) in [6.07, 6.45) is 9.66. The number of anilines is 2. The minimum absolute atomic E-state index is 0.218. The van der Waals surface area contributed by atoms with Gasteiger partial charge in [-0.1, -0.05) is 6.42 Å². The lowest BCUT2D eigenvalue weighted by Crippen LogP contribution is -2.27. The van der Waals surface area contributed by atoms with Gasteiger partial charge in [0.2, 0.25) is 5.95 Å². The maximum atomic E-state index is 11.1. The molecule has 0 fully saturated rings. The number of fused-ring (bicyclic) bond motifs is 1. The number of carboxylic acid groups (broad SMARTS) is 1. The molecule has 3 aromatic rings. The third-order valence-corrected chi connectivity index (χ3v) is 4.77. The summed E-state index contributed by atoms with van der Waals surface area (Å²) in [6, 6.07) is 3.60. The minimum Gasteiger partial charge on any atom is -0.465 e. The van der Waals surface area contributed by atoms with Crippen molar-refractivity contribution in [3.8, 4) is 11.4 Å². The molecular weight excluding hydrogens is 358 g/mol. The van der Waals surface area contributed by atoms with Gasteiger partial charge in [0, 0.05) is 25.6 Å². The molecule has 1 aliphatic carbocycles. The number of aryl methyl sites for hydroxylation is 2. The van der Waals surface area contributed by atoms with E-state index < -0.39 is 6.09 Å². The zero-order valence-electron chi connectivity index (χ0n) is 15.5. The van der Waals surface area contributed by atoms with E-state index in [1.807, 2.05) is 25.4 Å². The van der Waals surface area contributed by atoms with Crippen molar-refractivity contribution in [2.75, 3.05) is 5.32 Å². The van der Waals surface area contributed by atoms with Crippen LogP contribution in [0.1, 0.15) is 36.4 Å². The van der Waals surface area contributed by atoms with Crippen LogP contribution in [0.3, 0.4) is 0 Å². The number of rotatable bonds is 4. The summed E-state index contributed by atoms with van der Waals surface area (Å²) in [4.78, 5) is 24.5. The zero-order valence-corrected chi connectivity index (χ0v) is 15.5. The van der Waals surface area contributed by atoms with E-state index in [0.29, 0.717) is 11.6 Å². The van der Waals surface area contributed by atoms with Gasteiger partial charge in [-0.2, -0.15) is 5.10 Å². The van der Waals surface area contributed by atoms with Crippen molar-refractivity contribution in [2.45, 2.75) is 31.7 Å². The zero-order chi connectivity index (χ0) is 19.5. The smallest absolute Gasteiger partial charge is 0.405 e. The van der Waals surface area contributed by atoms with Crippen molar-refractivity contribution in [3.63, 3.8) is 0 Å². The van der Waals surface area contributed by atoms with Gasteiger partial charge in [-0.25, -0.2) is 14.8 Å². The molecule has 0 aromatic carbocycles. The number of nitrogens with zero attached hydrogens (tertiary/aromatic N) is 5. The molecule has 1 amide bonds. The molecule has 144 valence electrons. The molecular formula is C19H21N7O2. The highest BCUT2D eigenvalue weighted by Gasteiger charge is 2.21. The van der Waals surface area contributed by atoms with Gasteiger partial charge in [-0.15, -0.1) is 0 Å². The Kier molecular flexibility index (Phi) is 4.88. The van der Waals surface area contributed by atoms with E-state index >= 15 is 0 Å². The van der Waals surface area contributed by atoms with Gasteiger partial charge in [0.15, 0.2) is 0 Å². The number of nitrogens with one attached hydrogen (secondary N) is 2. The highest BCUT2D eigenvalue weighted by atomic mass is 16.4. The molecule has 1 aliphatic rings. The molecule has 3 N–H and O–H groups in total. The number of carbonyl (C=O) groups is 1. The first-order valence-corrected chi connectivity index (χ1v) is 9.16. The van der Waals surface area contributed by atoms with Crippen LogP contribution in [0.4, 0.5) is 16.4 Å². The van der Waals surface area contributed by atoms with E-state index in [0.717, 1.165) is 48.2 Å². The van der Waals surface area contributed by atoms with E-state index in [4.69, 9.17) is 5.11 Å². The quantitative estimate of drug-likeness (QED) is 0.596. The number of hydrogen-bond acceptors (Lipinski definition) is 6. The fourth-order valence-electron chi connectivity index (χ4n) is 3.47. The van der Waals surface area contributed by atoms with E-state index in [-0.39, 0.29) is 6.04 Å². The molecule has 9 nitrogen and oxygen atoms in total. The van der Waals surface area contributed by atoms with Crippen LogP contribution in [-0.2, 0) is 13.5 Å². The lowest BCUT2D eigenvalue weighted by Gasteiger charge is -2.17. The molecule has 0 aliphatic heterocycles. The van der Waals surface area contributed by atoms with E-state index in [2.05, 4.69) is 30.7 Å². The Morgan fingerprint density at radius 2 is 2.14 bits per heavy atom. The first-order valence-electron chi connectivity index (χ1n) is 9.16. The van der Waals surface area contributed by atoms with Crippen LogP contribution >= 0.6 is 0 Å². The highest BCUT2D eigenvalue weighted by Crippen LogP contribution is 2.30. The first kappa shape index (κ1) is 17.9. The summed E-state index contributed by atoms with van der Waals surface area (Å²) >= 11 is 0. The Morgan fingerprint density at radius 1 is 1.25 bits per heavy atom. The summed E-state index contributed by atoms with van der Waals surface area (Å²) < 4.78 is 1.70. The molecule has 3 heterocycles. The largest absolute Gasteiger partial charge is 0.465 e. The first-order chi connectivity index (χ1) is 13.6. The number of amides is 1. The SMILES string of the molecule is Cn1cc(Nc2nccc(-c3cc4c(cn3)C(NC(=O)O)CCCC4)n2)cn1. The maximum absolute atomic E-state index is 11.1. The summed E-state index contributed by atoms with van der Waals surface area (Å²) in [5.74, 6) is 0.465. The molecule has 3 aromatic heterocycles. The fourth-order valence-corrected chi connectivity index (χ4v) is 3.47. The predicted molar refractivity (Wildman–Crippen MR) is 103 cm³/mol.